The van der Waals surface area contributed by atoms with E-state index in [4.69, 9.17) is 0 Å². The second-order valence-corrected chi connectivity index (χ2v) is 8.10. The third-order valence-electron chi connectivity index (χ3n) is 6.32. The van der Waals surface area contributed by atoms with Crippen LogP contribution in [-0.2, 0) is 4.79 Å². The van der Waals surface area contributed by atoms with Crippen molar-refractivity contribution in [1.29, 1.82) is 0 Å². The number of aromatic nitrogens is 2. The van der Waals surface area contributed by atoms with Gasteiger partial charge in [-0.1, -0.05) is 24.6 Å². The van der Waals surface area contributed by atoms with Crippen LogP contribution in [0.15, 0.2) is 48.8 Å². The summed E-state index contributed by atoms with van der Waals surface area (Å²) >= 11 is 0. The van der Waals surface area contributed by atoms with Crippen molar-refractivity contribution in [3.05, 3.63) is 48.8 Å². The number of hydrogen-bond donors (Lipinski definition) is 1. The van der Waals surface area contributed by atoms with E-state index in [0.29, 0.717) is 6.54 Å². The molecule has 1 aromatic heterocycles. The molecule has 2 heterocycles. The fraction of sp³-hybridized carbons (Fsp3) is 0.500. The van der Waals surface area contributed by atoms with Gasteiger partial charge in [0.05, 0.1) is 5.92 Å². The standard InChI is InChI=1S/C22H29N5O/c1-26(18-8-3-2-4-9-18)15-7-14-23-20(28)19-16-27(17-22(19)10-5-11-22)21-24-12-6-13-25-21/h2-4,6,8-9,12-13,19H,5,7,10-11,14-17H2,1H3,(H,23,28). The van der Waals surface area contributed by atoms with Crippen molar-refractivity contribution in [3.8, 4) is 0 Å². The number of nitrogens with one attached hydrogen (secondary N) is 1. The van der Waals surface area contributed by atoms with E-state index < -0.39 is 0 Å². The number of anilines is 2. The molecule has 1 aliphatic heterocycles. The van der Waals surface area contributed by atoms with Crippen LogP contribution in [0.5, 0.6) is 0 Å². The lowest BCUT2D eigenvalue weighted by molar-refractivity contribution is -0.129. The Morgan fingerprint density at radius 1 is 1.21 bits per heavy atom. The van der Waals surface area contributed by atoms with Gasteiger partial charge < -0.3 is 15.1 Å². The first-order valence-electron chi connectivity index (χ1n) is 10.2. The highest BCUT2D eigenvalue weighted by atomic mass is 16.2. The van der Waals surface area contributed by atoms with E-state index in [-0.39, 0.29) is 17.2 Å². The van der Waals surface area contributed by atoms with E-state index in [1.165, 1.54) is 12.1 Å². The summed E-state index contributed by atoms with van der Waals surface area (Å²) in [5.41, 5.74) is 1.32. The highest BCUT2D eigenvalue weighted by Crippen LogP contribution is 2.52. The number of benzene rings is 1. The van der Waals surface area contributed by atoms with Gasteiger partial charge in [-0.3, -0.25) is 4.79 Å². The molecule has 1 amide bonds. The van der Waals surface area contributed by atoms with Crippen LogP contribution in [0.1, 0.15) is 25.7 Å². The van der Waals surface area contributed by atoms with E-state index in [0.717, 1.165) is 44.8 Å². The maximum Gasteiger partial charge on any atom is 0.225 e. The summed E-state index contributed by atoms with van der Waals surface area (Å²) in [5, 5.41) is 3.19. The zero-order valence-electron chi connectivity index (χ0n) is 16.6. The number of nitrogens with zero attached hydrogens (tertiary/aromatic N) is 4. The number of amides is 1. The molecule has 2 aromatic rings. The van der Waals surface area contributed by atoms with Gasteiger partial charge >= 0.3 is 0 Å². The van der Waals surface area contributed by atoms with E-state index in [9.17, 15) is 4.79 Å². The molecule has 1 aliphatic carbocycles. The summed E-state index contributed by atoms with van der Waals surface area (Å²) in [6.45, 7) is 3.25. The van der Waals surface area contributed by atoms with Crippen molar-refractivity contribution < 1.29 is 4.79 Å². The summed E-state index contributed by atoms with van der Waals surface area (Å²) < 4.78 is 0. The topological polar surface area (TPSA) is 61.4 Å². The lowest BCUT2D eigenvalue weighted by Gasteiger charge is -2.41. The van der Waals surface area contributed by atoms with Gasteiger partial charge in [-0.15, -0.1) is 0 Å². The largest absolute Gasteiger partial charge is 0.375 e. The SMILES string of the molecule is CN(CCCNC(=O)C1CN(c2ncccn2)CC12CCC2)c1ccccc1. The minimum Gasteiger partial charge on any atom is -0.375 e. The number of para-hydroxylation sites is 1. The van der Waals surface area contributed by atoms with E-state index >= 15 is 0 Å². The second-order valence-electron chi connectivity index (χ2n) is 8.10. The van der Waals surface area contributed by atoms with Crippen molar-refractivity contribution >= 4 is 17.5 Å². The fourth-order valence-corrected chi connectivity index (χ4v) is 4.54. The molecule has 148 valence electrons. The Morgan fingerprint density at radius 3 is 2.64 bits per heavy atom. The Morgan fingerprint density at radius 2 is 1.96 bits per heavy atom. The number of carbonyl (C=O) groups is 1. The highest BCUT2D eigenvalue weighted by molar-refractivity contribution is 5.81. The van der Waals surface area contributed by atoms with E-state index in [1.54, 1.807) is 12.4 Å². The predicted octanol–water partition coefficient (Wildman–Crippen LogP) is 2.73. The Labute approximate surface area is 167 Å². The maximum atomic E-state index is 13.0. The van der Waals surface area contributed by atoms with Crippen LogP contribution in [0.2, 0.25) is 0 Å². The van der Waals surface area contributed by atoms with E-state index in [1.807, 2.05) is 24.3 Å². The van der Waals surface area contributed by atoms with Gasteiger partial charge in [0.2, 0.25) is 11.9 Å². The Hall–Kier alpha value is -2.63. The predicted molar refractivity (Wildman–Crippen MR) is 111 cm³/mol. The van der Waals surface area contributed by atoms with Gasteiger partial charge in [-0.25, -0.2) is 9.97 Å². The molecule has 2 fully saturated rings. The molecule has 6 heteroatoms. The third kappa shape index (κ3) is 3.81. The van der Waals surface area contributed by atoms with Crippen LogP contribution in [-0.4, -0.2) is 49.1 Å². The Bertz CT molecular complexity index is 778. The number of carbonyl (C=O) groups excluding carboxylic acids is 1. The number of rotatable bonds is 7. The zero-order valence-corrected chi connectivity index (χ0v) is 16.6. The molecular formula is C22H29N5O. The summed E-state index contributed by atoms with van der Waals surface area (Å²) in [5.74, 6) is 0.978. The average Bonchev–Trinajstić information content (AvgIpc) is 3.14. The Kier molecular flexibility index (Phi) is 5.46. The van der Waals surface area contributed by atoms with Crippen LogP contribution in [0.4, 0.5) is 11.6 Å². The van der Waals surface area contributed by atoms with Crippen molar-refractivity contribution in [3.63, 3.8) is 0 Å². The van der Waals surface area contributed by atoms with Crippen LogP contribution in [0, 0.1) is 11.3 Å². The molecule has 1 N–H and O–H groups in total. The van der Waals surface area contributed by atoms with Crippen LogP contribution < -0.4 is 15.1 Å². The molecule has 1 saturated carbocycles. The maximum absolute atomic E-state index is 13.0. The van der Waals surface area contributed by atoms with Crippen LogP contribution in [0.3, 0.4) is 0 Å². The van der Waals surface area contributed by atoms with Gasteiger partial charge in [0.15, 0.2) is 0 Å². The smallest absolute Gasteiger partial charge is 0.225 e. The van der Waals surface area contributed by atoms with Crippen molar-refractivity contribution in [1.82, 2.24) is 15.3 Å². The molecule has 28 heavy (non-hydrogen) atoms. The quantitative estimate of drug-likeness (QED) is 0.750. The van der Waals surface area contributed by atoms with Gasteiger partial charge in [0, 0.05) is 56.7 Å². The third-order valence-corrected chi connectivity index (χ3v) is 6.32. The Balaban J connectivity index is 1.29. The van der Waals surface area contributed by atoms with Gasteiger partial charge in [0.25, 0.3) is 0 Å². The number of hydrogen-bond acceptors (Lipinski definition) is 5. The molecule has 2 aliphatic rings. The lowest BCUT2D eigenvalue weighted by Crippen LogP contribution is -2.45. The monoisotopic (exact) mass is 379 g/mol. The van der Waals surface area contributed by atoms with Gasteiger partial charge in [-0.2, -0.15) is 0 Å². The van der Waals surface area contributed by atoms with E-state index in [2.05, 4.69) is 44.3 Å². The van der Waals surface area contributed by atoms with Crippen molar-refractivity contribution in [2.75, 3.05) is 43.0 Å². The molecule has 1 saturated heterocycles. The van der Waals surface area contributed by atoms with Gasteiger partial charge in [0.1, 0.15) is 0 Å². The molecule has 0 radical (unpaired) electrons. The molecule has 1 spiro atoms. The van der Waals surface area contributed by atoms with Crippen LogP contribution >= 0.6 is 0 Å². The summed E-state index contributed by atoms with van der Waals surface area (Å²) in [6.07, 6.45) is 7.95. The average molecular weight is 380 g/mol. The van der Waals surface area contributed by atoms with Crippen molar-refractivity contribution in [2.45, 2.75) is 25.7 Å². The van der Waals surface area contributed by atoms with Crippen LogP contribution in [0.25, 0.3) is 0 Å². The fourth-order valence-electron chi connectivity index (χ4n) is 4.54. The molecule has 1 aromatic carbocycles. The summed E-state index contributed by atoms with van der Waals surface area (Å²) in [6, 6.07) is 12.2. The highest BCUT2D eigenvalue weighted by Gasteiger charge is 2.53. The minimum absolute atomic E-state index is 0.0388. The lowest BCUT2D eigenvalue weighted by atomic mass is 9.62. The first-order chi connectivity index (χ1) is 13.7. The first kappa shape index (κ1) is 18.7. The molecule has 4 rings (SSSR count). The first-order valence-corrected chi connectivity index (χ1v) is 10.2. The molecule has 6 nitrogen and oxygen atoms in total. The normalized spacial score (nSPS) is 20.0. The summed E-state index contributed by atoms with van der Waals surface area (Å²) in [7, 11) is 2.09. The summed E-state index contributed by atoms with van der Waals surface area (Å²) in [4.78, 5) is 26.1. The molecule has 1 unspecified atom stereocenters. The minimum atomic E-state index is 0.0388. The second kappa shape index (κ2) is 8.17. The van der Waals surface area contributed by atoms with Crippen molar-refractivity contribution in [2.24, 2.45) is 11.3 Å². The molecule has 0 bridgehead atoms. The molecular weight excluding hydrogens is 350 g/mol. The molecule has 1 atom stereocenters. The van der Waals surface area contributed by atoms with Gasteiger partial charge in [-0.05, 0) is 37.5 Å². The zero-order chi connectivity index (χ0) is 19.4.